The molecule has 1 aromatic heterocycles. The number of likely N-dealkylation sites (N-methyl/N-ethyl adjacent to an activating group) is 1. The summed E-state index contributed by atoms with van der Waals surface area (Å²) in [7, 11) is 1.76. The molecule has 0 aromatic carbocycles. The first kappa shape index (κ1) is 14.6. The highest BCUT2D eigenvalue weighted by molar-refractivity contribution is 7.13. The lowest BCUT2D eigenvalue weighted by Gasteiger charge is -2.15. The molecule has 1 aromatic rings. The van der Waals surface area contributed by atoms with Crippen LogP contribution in [-0.2, 0) is 11.2 Å². The number of aromatic nitrogens is 1. The molecule has 0 aliphatic rings. The molecule has 18 heavy (non-hydrogen) atoms. The quantitative estimate of drug-likeness (QED) is 0.857. The van der Waals surface area contributed by atoms with E-state index >= 15 is 0 Å². The third-order valence-electron chi connectivity index (χ3n) is 2.61. The summed E-state index contributed by atoms with van der Waals surface area (Å²) in [5.74, 6) is -1.00. The Labute approximate surface area is 110 Å². The van der Waals surface area contributed by atoms with Crippen LogP contribution in [0.3, 0.4) is 0 Å². The van der Waals surface area contributed by atoms with Crippen molar-refractivity contribution < 1.29 is 14.7 Å². The van der Waals surface area contributed by atoms with Gasteiger partial charge in [0.1, 0.15) is 9.88 Å². The second-order valence-electron chi connectivity index (χ2n) is 4.17. The predicted molar refractivity (Wildman–Crippen MR) is 70.1 cm³/mol. The zero-order chi connectivity index (χ0) is 13.7. The Morgan fingerprint density at radius 1 is 1.44 bits per heavy atom. The Bertz CT molecular complexity index is 443. The normalized spacial score (nSPS) is 10.4. The monoisotopic (exact) mass is 270 g/mol. The summed E-state index contributed by atoms with van der Waals surface area (Å²) in [4.78, 5) is 28.7. The second-order valence-corrected chi connectivity index (χ2v) is 5.26. The number of carbonyl (C=O) groups excluding carboxylic acids is 1. The number of rotatable bonds is 6. The highest BCUT2D eigenvalue weighted by atomic mass is 32.1. The van der Waals surface area contributed by atoms with Gasteiger partial charge in [-0.05, 0) is 13.3 Å². The molecule has 0 radical (unpaired) electrons. The third-order valence-corrected chi connectivity index (χ3v) is 3.76. The van der Waals surface area contributed by atoms with Crippen LogP contribution in [-0.4, -0.2) is 40.5 Å². The molecule has 0 atom stereocenters. The van der Waals surface area contributed by atoms with Gasteiger partial charge in [0, 0.05) is 13.6 Å². The predicted octanol–water partition coefficient (Wildman–Crippen LogP) is 1.95. The van der Waals surface area contributed by atoms with E-state index in [-0.39, 0.29) is 17.2 Å². The third kappa shape index (κ3) is 3.80. The summed E-state index contributed by atoms with van der Waals surface area (Å²) in [6, 6.07) is 0. The van der Waals surface area contributed by atoms with E-state index in [0.717, 1.165) is 30.7 Å². The number of nitrogens with zero attached hydrogens (tertiary/aromatic N) is 2. The molecule has 1 N–H and O–H groups in total. The molecule has 6 heteroatoms. The van der Waals surface area contributed by atoms with Crippen molar-refractivity contribution in [3.05, 3.63) is 15.6 Å². The number of carboxylic acid groups (broad SMARTS) is 1. The number of aryl methyl sites for hydroxylation is 1. The van der Waals surface area contributed by atoms with E-state index in [1.165, 1.54) is 0 Å². The van der Waals surface area contributed by atoms with Gasteiger partial charge in [-0.2, -0.15) is 0 Å². The highest BCUT2D eigenvalue weighted by Gasteiger charge is 2.17. The van der Waals surface area contributed by atoms with Gasteiger partial charge in [-0.1, -0.05) is 13.3 Å². The van der Waals surface area contributed by atoms with Crippen molar-refractivity contribution in [1.29, 1.82) is 0 Å². The SMILES string of the molecule is CCCCN(C)C(=O)Cc1nc(C)c(C(=O)O)s1. The molecule has 1 amide bonds. The van der Waals surface area contributed by atoms with Crippen LogP contribution in [0.15, 0.2) is 0 Å². The van der Waals surface area contributed by atoms with E-state index < -0.39 is 5.97 Å². The molecule has 100 valence electrons. The Morgan fingerprint density at radius 3 is 2.61 bits per heavy atom. The second kappa shape index (κ2) is 6.49. The van der Waals surface area contributed by atoms with Gasteiger partial charge < -0.3 is 10.0 Å². The van der Waals surface area contributed by atoms with E-state index in [2.05, 4.69) is 11.9 Å². The van der Waals surface area contributed by atoms with Gasteiger partial charge in [0.05, 0.1) is 12.1 Å². The van der Waals surface area contributed by atoms with Crippen LogP contribution >= 0.6 is 11.3 Å². The summed E-state index contributed by atoms with van der Waals surface area (Å²) in [5.41, 5.74) is 0.478. The summed E-state index contributed by atoms with van der Waals surface area (Å²) >= 11 is 1.08. The maximum absolute atomic E-state index is 11.9. The summed E-state index contributed by atoms with van der Waals surface area (Å²) in [6.45, 7) is 4.45. The molecule has 0 fully saturated rings. The zero-order valence-corrected chi connectivity index (χ0v) is 11.7. The van der Waals surface area contributed by atoms with Crippen molar-refractivity contribution in [3.8, 4) is 0 Å². The lowest BCUT2D eigenvalue weighted by atomic mass is 10.3. The Hall–Kier alpha value is -1.43. The molecule has 1 rings (SSSR count). The minimum absolute atomic E-state index is 0.0193. The molecule has 1 heterocycles. The van der Waals surface area contributed by atoms with Gasteiger partial charge >= 0.3 is 5.97 Å². The molecular weight excluding hydrogens is 252 g/mol. The fourth-order valence-electron chi connectivity index (χ4n) is 1.51. The maximum Gasteiger partial charge on any atom is 0.347 e. The lowest BCUT2D eigenvalue weighted by Crippen LogP contribution is -2.29. The van der Waals surface area contributed by atoms with Gasteiger partial charge in [-0.15, -0.1) is 11.3 Å². The molecule has 0 bridgehead atoms. The van der Waals surface area contributed by atoms with E-state index in [1.807, 2.05) is 0 Å². The Kier molecular flexibility index (Phi) is 5.27. The number of carboxylic acids is 1. The average molecular weight is 270 g/mol. The maximum atomic E-state index is 11.9. The van der Waals surface area contributed by atoms with Gasteiger partial charge in [0.15, 0.2) is 0 Å². The van der Waals surface area contributed by atoms with Crippen molar-refractivity contribution in [2.75, 3.05) is 13.6 Å². The Morgan fingerprint density at radius 2 is 2.11 bits per heavy atom. The number of thiazole rings is 1. The van der Waals surface area contributed by atoms with Gasteiger partial charge in [0.25, 0.3) is 0 Å². The van der Waals surface area contributed by atoms with Crippen molar-refractivity contribution in [2.45, 2.75) is 33.1 Å². The summed E-state index contributed by atoms with van der Waals surface area (Å²) in [6.07, 6.45) is 2.19. The molecular formula is C12H18N2O3S. The minimum atomic E-state index is -0.983. The van der Waals surface area contributed by atoms with E-state index in [9.17, 15) is 9.59 Å². The first-order valence-electron chi connectivity index (χ1n) is 5.89. The number of hydrogen-bond acceptors (Lipinski definition) is 4. The molecule has 0 unspecified atom stereocenters. The number of carbonyl (C=O) groups is 2. The zero-order valence-electron chi connectivity index (χ0n) is 10.9. The highest BCUT2D eigenvalue weighted by Crippen LogP contribution is 2.18. The van der Waals surface area contributed by atoms with Gasteiger partial charge in [-0.3, -0.25) is 4.79 Å². The average Bonchev–Trinajstić information content (AvgIpc) is 2.67. The van der Waals surface area contributed by atoms with E-state index in [4.69, 9.17) is 5.11 Å². The van der Waals surface area contributed by atoms with Crippen LogP contribution in [0.2, 0.25) is 0 Å². The topological polar surface area (TPSA) is 70.5 Å². The van der Waals surface area contributed by atoms with E-state index in [0.29, 0.717) is 10.7 Å². The lowest BCUT2D eigenvalue weighted by molar-refractivity contribution is -0.129. The minimum Gasteiger partial charge on any atom is -0.477 e. The number of amides is 1. The molecule has 0 saturated carbocycles. The molecule has 0 spiro atoms. The fraction of sp³-hybridized carbons (Fsp3) is 0.583. The van der Waals surface area contributed by atoms with Gasteiger partial charge in [-0.25, -0.2) is 9.78 Å². The number of unbranched alkanes of at least 4 members (excludes halogenated alkanes) is 1. The van der Waals surface area contributed by atoms with Crippen LogP contribution in [0.4, 0.5) is 0 Å². The number of aromatic carboxylic acids is 1. The van der Waals surface area contributed by atoms with Crippen molar-refractivity contribution in [3.63, 3.8) is 0 Å². The molecule has 0 aliphatic carbocycles. The van der Waals surface area contributed by atoms with E-state index in [1.54, 1.807) is 18.9 Å². The molecule has 0 saturated heterocycles. The van der Waals surface area contributed by atoms with Crippen molar-refractivity contribution >= 4 is 23.2 Å². The smallest absolute Gasteiger partial charge is 0.347 e. The number of hydrogen-bond donors (Lipinski definition) is 1. The van der Waals surface area contributed by atoms with Gasteiger partial charge in [0.2, 0.25) is 5.91 Å². The molecule has 5 nitrogen and oxygen atoms in total. The first-order chi connectivity index (χ1) is 8.45. The largest absolute Gasteiger partial charge is 0.477 e. The summed E-state index contributed by atoms with van der Waals surface area (Å²) < 4.78 is 0. The van der Waals surface area contributed by atoms with Crippen LogP contribution < -0.4 is 0 Å². The standard InChI is InChI=1S/C12H18N2O3S/c1-4-5-6-14(3)10(15)7-9-13-8(2)11(18-9)12(16)17/h4-7H2,1-3H3,(H,16,17). The van der Waals surface area contributed by atoms with Crippen LogP contribution in [0, 0.1) is 6.92 Å². The van der Waals surface area contributed by atoms with Crippen LogP contribution in [0.25, 0.3) is 0 Å². The summed E-state index contributed by atoms with van der Waals surface area (Å²) in [5, 5.41) is 9.48. The Balaban J connectivity index is 2.64. The van der Waals surface area contributed by atoms with Crippen molar-refractivity contribution in [1.82, 2.24) is 9.88 Å². The fourth-order valence-corrected chi connectivity index (χ4v) is 2.41. The van der Waals surface area contributed by atoms with Crippen LogP contribution in [0.5, 0.6) is 0 Å². The van der Waals surface area contributed by atoms with Crippen LogP contribution in [0.1, 0.15) is 40.1 Å². The van der Waals surface area contributed by atoms with Crippen molar-refractivity contribution in [2.24, 2.45) is 0 Å². The first-order valence-corrected chi connectivity index (χ1v) is 6.71. The molecule has 0 aliphatic heterocycles.